The van der Waals surface area contributed by atoms with E-state index in [-0.39, 0.29) is 5.41 Å². The van der Waals surface area contributed by atoms with Gasteiger partial charge in [0.15, 0.2) is 0 Å². The predicted octanol–water partition coefficient (Wildman–Crippen LogP) is 4.29. The normalized spacial score (nSPS) is 12.8. The van der Waals surface area contributed by atoms with Gasteiger partial charge in [0.1, 0.15) is 0 Å². The topological polar surface area (TPSA) is 26.0 Å². The Bertz CT molecular complexity index is 354. The van der Waals surface area contributed by atoms with E-state index in [0.29, 0.717) is 5.41 Å². The van der Waals surface area contributed by atoms with E-state index in [1.807, 2.05) is 0 Å². The van der Waals surface area contributed by atoms with Crippen molar-refractivity contribution in [3.63, 3.8) is 0 Å². The molecular formula is C17H29N. The lowest BCUT2D eigenvalue weighted by molar-refractivity contribution is 0.313. The Hall–Kier alpha value is -0.820. The first-order valence-electron chi connectivity index (χ1n) is 7.04. The summed E-state index contributed by atoms with van der Waals surface area (Å²) in [5, 5.41) is 0. The first-order chi connectivity index (χ1) is 8.24. The molecule has 0 amide bonds. The molecule has 1 aromatic carbocycles. The summed E-state index contributed by atoms with van der Waals surface area (Å²) in [6.07, 6.45) is 3.46. The van der Waals surface area contributed by atoms with Crippen molar-refractivity contribution in [2.24, 2.45) is 11.1 Å². The first-order valence-corrected chi connectivity index (χ1v) is 7.04. The largest absolute Gasteiger partial charge is 0.330 e. The highest BCUT2D eigenvalue weighted by molar-refractivity contribution is 5.27. The van der Waals surface area contributed by atoms with E-state index >= 15 is 0 Å². The van der Waals surface area contributed by atoms with Crippen molar-refractivity contribution in [1.29, 1.82) is 0 Å². The number of aryl methyl sites for hydroxylation is 1. The minimum absolute atomic E-state index is 0.247. The molecule has 1 aromatic rings. The SMILES string of the molecule is CC(C)(CCN)CCc1ccc(C(C)(C)C)cc1. The van der Waals surface area contributed by atoms with Gasteiger partial charge in [-0.05, 0) is 47.8 Å². The van der Waals surface area contributed by atoms with Crippen molar-refractivity contribution < 1.29 is 0 Å². The third-order valence-electron chi connectivity index (χ3n) is 3.73. The van der Waals surface area contributed by atoms with Crippen molar-refractivity contribution in [2.45, 2.75) is 59.3 Å². The van der Waals surface area contributed by atoms with Gasteiger partial charge in [0.2, 0.25) is 0 Å². The van der Waals surface area contributed by atoms with Crippen LogP contribution in [0.25, 0.3) is 0 Å². The maximum absolute atomic E-state index is 5.65. The summed E-state index contributed by atoms with van der Waals surface area (Å²) < 4.78 is 0. The molecule has 18 heavy (non-hydrogen) atoms. The van der Waals surface area contributed by atoms with Crippen LogP contribution in [0.4, 0.5) is 0 Å². The molecule has 0 heterocycles. The van der Waals surface area contributed by atoms with E-state index in [2.05, 4.69) is 58.9 Å². The molecule has 0 aliphatic carbocycles. The Morgan fingerprint density at radius 3 is 1.89 bits per heavy atom. The Labute approximate surface area is 113 Å². The number of benzene rings is 1. The second kappa shape index (κ2) is 5.88. The molecule has 0 spiro atoms. The van der Waals surface area contributed by atoms with Gasteiger partial charge in [-0.2, -0.15) is 0 Å². The standard InChI is InChI=1S/C17H29N/c1-16(2,3)15-8-6-14(7-9-15)10-11-17(4,5)12-13-18/h6-9H,10-13,18H2,1-5H3. The van der Waals surface area contributed by atoms with Crippen molar-refractivity contribution in [2.75, 3.05) is 6.54 Å². The minimum Gasteiger partial charge on any atom is -0.330 e. The van der Waals surface area contributed by atoms with Gasteiger partial charge in [-0.3, -0.25) is 0 Å². The van der Waals surface area contributed by atoms with Crippen LogP contribution in [-0.2, 0) is 11.8 Å². The Kier molecular flexibility index (Phi) is 4.98. The molecule has 0 saturated carbocycles. The van der Waals surface area contributed by atoms with Crippen LogP contribution in [0.15, 0.2) is 24.3 Å². The zero-order valence-electron chi connectivity index (χ0n) is 12.7. The van der Waals surface area contributed by atoms with Crippen LogP contribution >= 0.6 is 0 Å². The Morgan fingerprint density at radius 2 is 1.44 bits per heavy atom. The van der Waals surface area contributed by atoms with Crippen LogP contribution in [0.1, 0.15) is 58.6 Å². The minimum atomic E-state index is 0.247. The highest BCUT2D eigenvalue weighted by atomic mass is 14.5. The summed E-state index contributed by atoms with van der Waals surface area (Å²) in [6, 6.07) is 9.09. The maximum Gasteiger partial charge on any atom is -0.00722 e. The van der Waals surface area contributed by atoms with Crippen LogP contribution in [0.3, 0.4) is 0 Å². The van der Waals surface area contributed by atoms with Crippen LogP contribution in [-0.4, -0.2) is 6.54 Å². The fourth-order valence-corrected chi connectivity index (χ4v) is 2.17. The zero-order chi connectivity index (χ0) is 13.8. The number of hydrogen-bond donors (Lipinski definition) is 1. The second-order valence-electron chi connectivity index (χ2n) is 7.15. The number of hydrogen-bond acceptors (Lipinski definition) is 1. The molecule has 0 aliphatic heterocycles. The van der Waals surface area contributed by atoms with Crippen LogP contribution in [0.5, 0.6) is 0 Å². The molecule has 0 unspecified atom stereocenters. The van der Waals surface area contributed by atoms with Crippen LogP contribution in [0, 0.1) is 5.41 Å². The van der Waals surface area contributed by atoms with Gasteiger partial charge in [-0.15, -0.1) is 0 Å². The molecule has 0 atom stereocenters. The number of nitrogens with two attached hydrogens (primary N) is 1. The van der Waals surface area contributed by atoms with E-state index in [0.717, 1.165) is 19.4 Å². The molecule has 0 radical (unpaired) electrons. The first kappa shape index (κ1) is 15.2. The Morgan fingerprint density at radius 1 is 0.889 bits per heavy atom. The van der Waals surface area contributed by atoms with Crippen LogP contribution < -0.4 is 5.73 Å². The number of rotatable bonds is 5. The van der Waals surface area contributed by atoms with Crippen molar-refractivity contribution >= 4 is 0 Å². The average molecular weight is 247 g/mol. The quantitative estimate of drug-likeness (QED) is 0.825. The zero-order valence-corrected chi connectivity index (χ0v) is 12.7. The lowest BCUT2D eigenvalue weighted by Gasteiger charge is -2.24. The summed E-state index contributed by atoms with van der Waals surface area (Å²) >= 11 is 0. The summed E-state index contributed by atoms with van der Waals surface area (Å²) in [4.78, 5) is 0. The molecule has 2 N–H and O–H groups in total. The smallest absolute Gasteiger partial charge is 0.00722 e. The van der Waals surface area contributed by atoms with Crippen molar-refractivity contribution in [3.05, 3.63) is 35.4 Å². The molecular weight excluding hydrogens is 218 g/mol. The molecule has 102 valence electrons. The van der Waals surface area contributed by atoms with Gasteiger partial charge < -0.3 is 5.73 Å². The highest BCUT2D eigenvalue weighted by Gasteiger charge is 2.17. The molecule has 1 nitrogen and oxygen atoms in total. The fourth-order valence-electron chi connectivity index (χ4n) is 2.17. The van der Waals surface area contributed by atoms with Gasteiger partial charge in [-0.1, -0.05) is 58.9 Å². The van der Waals surface area contributed by atoms with Crippen molar-refractivity contribution in [1.82, 2.24) is 0 Å². The lowest BCUT2D eigenvalue weighted by atomic mass is 9.82. The second-order valence-corrected chi connectivity index (χ2v) is 7.15. The van der Waals surface area contributed by atoms with Gasteiger partial charge in [0.05, 0.1) is 0 Å². The fraction of sp³-hybridized carbons (Fsp3) is 0.647. The summed E-state index contributed by atoms with van der Waals surface area (Å²) in [6.45, 7) is 12.2. The molecule has 0 bridgehead atoms. The third-order valence-corrected chi connectivity index (χ3v) is 3.73. The third kappa shape index (κ3) is 4.81. The van der Waals surface area contributed by atoms with Gasteiger partial charge in [0, 0.05) is 0 Å². The highest BCUT2D eigenvalue weighted by Crippen LogP contribution is 2.27. The maximum atomic E-state index is 5.65. The van der Waals surface area contributed by atoms with E-state index in [1.54, 1.807) is 0 Å². The molecule has 1 rings (SSSR count). The molecule has 1 heteroatoms. The van der Waals surface area contributed by atoms with E-state index in [1.165, 1.54) is 17.5 Å². The summed E-state index contributed by atoms with van der Waals surface area (Å²) in [5.41, 5.74) is 9.11. The molecule has 0 aliphatic rings. The average Bonchev–Trinajstić information content (AvgIpc) is 2.26. The monoisotopic (exact) mass is 247 g/mol. The predicted molar refractivity (Wildman–Crippen MR) is 80.9 cm³/mol. The Balaban J connectivity index is 2.60. The van der Waals surface area contributed by atoms with E-state index < -0.39 is 0 Å². The van der Waals surface area contributed by atoms with Crippen LogP contribution in [0.2, 0.25) is 0 Å². The van der Waals surface area contributed by atoms with E-state index in [4.69, 9.17) is 5.73 Å². The summed E-state index contributed by atoms with van der Waals surface area (Å²) in [7, 11) is 0. The molecule has 0 fully saturated rings. The van der Waals surface area contributed by atoms with Gasteiger partial charge >= 0.3 is 0 Å². The molecule has 0 aromatic heterocycles. The van der Waals surface area contributed by atoms with Gasteiger partial charge in [0.25, 0.3) is 0 Å². The van der Waals surface area contributed by atoms with Crippen molar-refractivity contribution in [3.8, 4) is 0 Å². The van der Waals surface area contributed by atoms with Gasteiger partial charge in [-0.25, -0.2) is 0 Å². The summed E-state index contributed by atoms with van der Waals surface area (Å²) in [5.74, 6) is 0. The molecule has 0 saturated heterocycles. The van der Waals surface area contributed by atoms with E-state index in [9.17, 15) is 0 Å². The lowest BCUT2D eigenvalue weighted by Crippen LogP contribution is -2.18.